The Bertz CT molecular complexity index is 1160. The van der Waals surface area contributed by atoms with Crippen LogP contribution < -0.4 is 20.3 Å². The van der Waals surface area contributed by atoms with Gasteiger partial charge in [-0.25, -0.2) is 9.18 Å². The molecular formula is C22H23FN4O4. The maximum atomic E-state index is 13.2. The molecule has 9 heteroatoms. The van der Waals surface area contributed by atoms with Crippen LogP contribution in [0.1, 0.15) is 5.56 Å². The van der Waals surface area contributed by atoms with E-state index >= 15 is 0 Å². The van der Waals surface area contributed by atoms with Gasteiger partial charge in [0.2, 0.25) is 6.79 Å². The van der Waals surface area contributed by atoms with Gasteiger partial charge in [0.05, 0.1) is 12.1 Å². The molecule has 0 atom stereocenters. The molecule has 0 saturated carbocycles. The summed E-state index contributed by atoms with van der Waals surface area (Å²) in [5.41, 5.74) is 1.27. The molecule has 4 rings (SSSR count). The van der Waals surface area contributed by atoms with Crippen molar-refractivity contribution in [3.63, 3.8) is 0 Å². The number of nitrogens with zero attached hydrogens (tertiary/aromatic N) is 2. The molecule has 2 N–H and O–H groups in total. The Labute approximate surface area is 178 Å². The van der Waals surface area contributed by atoms with Crippen LogP contribution >= 0.6 is 0 Å². The molecule has 0 spiro atoms. The highest BCUT2D eigenvalue weighted by Gasteiger charge is 2.19. The molecule has 0 radical (unpaired) electrons. The number of fused-ring (bicyclic) bond motifs is 2. The van der Waals surface area contributed by atoms with Gasteiger partial charge in [-0.15, -0.1) is 0 Å². The summed E-state index contributed by atoms with van der Waals surface area (Å²) in [6, 6.07) is 10.4. The number of carbonyl (C=O) groups excluding carboxylic acids is 1. The zero-order chi connectivity index (χ0) is 22.0. The van der Waals surface area contributed by atoms with E-state index in [4.69, 9.17) is 9.47 Å². The smallest absolute Gasteiger partial charge is 0.322 e. The number of urea groups is 1. The maximum Gasteiger partial charge on any atom is 0.322 e. The number of aromatic amines is 1. The predicted molar refractivity (Wildman–Crippen MR) is 115 cm³/mol. The fourth-order valence-electron chi connectivity index (χ4n) is 3.27. The van der Waals surface area contributed by atoms with Crippen LogP contribution in [-0.2, 0) is 6.54 Å². The van der Waals surface area contributed by atoms with Crippen LogP contribution in [0.5, 0.6) is 11.5 Å². The Morgan fingerprint density at radius 1 is 1.10 bits per heavy atom. The molecule has 1 aliphatic rings. The van der Waals surface area contributed by atoms with Crippen LogP contribution in [0.25, 0.3) is 10.9 Å². The van der Waals surface area contributed by atoms with Gasteiger partial charge in [-0.3, -0.25) is 4.79 Å². The fraction of sp³-hybridized carbons (Fsp3) is 0.273. The van der Waals surface area contributed by atoms with E-state index in [9.17, 15) is 14.0 Å². The summed E-state index contributed by atoms with van der Waals surface area (Å²) in [4.78, 5) is 31.9. The molecule has 1 aromatic heterocycles. The molecule has 2 aromatic carbocycles. The molecule has 0 aliphatic carbocycles. The van der Waals surface area contributed by atoms with Gasteiger partial charge in [0.15, 0.2) is 11.5 Å². The summed E-state index contributed by atoms with van der Waals surface area (Å²) in [7, 11) is 3.81. The van der Waals surface area contributed by atoms with E-state index in [0.717, 1.165) is 5.39 Å². The Morgan fingerprint density at radius 3 is 2.52 bits per heavy atom. The molecule has 8 nitrogen and oxygen atoms in total. The molecule has 2 amide bonds. The summed E-state index contributed by atoms with van der Waals surface area (Å²) < 4.78 is 23.9. The zero-order valence-corrected chi connectivity index (χ0v) is 17.3. The molecule has 0 saturated heterocycles. The highest BCUT2D eigenvalue weighted by atomic mass is 19.1. The Hall–Kier alpha value is -3.59. The zero-order valence-electron chi connectivity index (χ0n) is 17.3. The molecule has 162 valence electrons. The first-order chi connectivity index (χ1) is 14.9. The number of rotatable bonds is 6. The second kappa shape index (κ2) is 8.65. The summed E-state index contributed by atoms with van der Waals surface area (Å²) in [5.74, 6) is 0.817. The van der Waals surface area contributed by atoms with Gasteiger partial charge in [0.25, 0.3) is 5.56 Å². The van der Waals surface area contributed by atoms with Crippen molar-refractivity contribution < 1.29 is 18.7 Å². The van der Waals surface area contributed by atoms with Gasteiger partial charge in [-0.1, -0.05) is 0 Å². The van der Waals surface area contributed by atoms with Crippen LogP contribution in [0.15, 0.2) is 47.3 Å². The molecule has 0 unspecified atom stereocenters. The molecule has 0 fully saturated rings. The van der Waals surface area contributed by atoms with Crippen molar-refractivity contribution in [1.29, 1.82) is 0 Å². The van der Waals surface area contributed by atoms with Crippen molar-refractivity contribution in [2.45, 2.75) is 6.54 Å². The van der Waals surface area contributed by atoms with E-state index in [1.165, 1.54) is 24.3 Å². The third-order valence-corrected chi connectivity index (χ3v) is 4.98. The standard InChI is InChI=1S/C22H23FN4O4/c1-26(2)7-8-27(22(29)24-17-5-3-16(23)4-6-17)12-15-9-14-10-19-20(31-13-30-19)11-18(14)25-21(15)28/h3-6,9-11H,7-8,12-13H2,1-2H3,(H,24,29)(H,25,28). The number of H-pyrrole nitrogens is 1. The lowest BCUT2D eigenvalue weighted by Crippen LogP contribution is -2.40. The second-order valence-corrected chi connectivity index (χ2v) is 7.58. The number of carbonyl (C=O) groups is 1. The van der Waals surface area contributed by atoms with Crippen LogP contribution in [-0.4, -0.2) is 54.8 Å². The first-order valence-electron chi connectivity index (χ1n) is 9.81. The van der Waals surface area contributed by atoms with Gasteiger partial charge in [0, 0.05) is 35.8 Å². The van der Waals surface area contributed by atoms with Crippen LogP contribution in [0.3, 0.4) is 0 Å². The largest absolute Gasteiger partial charge is 0.454 e. The monoisotopic (exact) mass is 426 g/mol. The number of halogens is 1. The lowest BCUT2D eigenvalue weighted by Gasteiger charge is -2.24. The van der Waals surface area contributed by atoms with Gasteiger partial charge in [0.1, 0.15) is 5.82 Å². The lowest BCUT2D eigenvalue weighted by molar-refractivity contribution is 0.174. The third-order valence-electron chi connectivity index (χ3n) is 4.98. The number of ether oxygens (including phenoxy) is 2. The molecule has 3 aromatic rings. The van der Waals surface area contributed by atoms with Crippen molar-refractivity contribution in [3.05, 3.63) is 64.2 Å². The average Bonchev–Trinajstić information content (AvgIpc) is 3.18. The Balaban J connectivity index is 1.59. The minimum Gasteiger partial charge on any atom is -0.454 e. The minimum atomic E-state index is -0.383. The summed E-state index contributed by atoms with van der Waals surface area (Å²) in [6.07, 6.45) is 0. The normalized spacial score (nSPS) is 12.4. The fourth-order valence-corrected chi connectivity index (χ4v) is 3.27. The molecule has 2 heterocycles. The molecular weight excluding hydrogens is 403 g/mol. The van der Waals surface area contributed by atoms with Gasteiger partial charge >= 0.3 is 6.03 Å². The van der Waals surface area contributed by atoms with Crippen LogP contribution in [0.4, 0.5) is 14.9 Å². The number of anilines is 1. The van der Waals surface area contributed by atoms with Gasteiger partial charge < -0.3 is 29.6 Å². The Morgan fingerprint density at radius 2 is 1.81 bits per heavy atom. The first-order valence-corrected chi connectivity index (χ1v) is 9.81. The van der Waals surface area contributed by atoms with Gasteiger partial charge in [-0.2, -0.15) is 0 Å². The maximum absolute atomic E-state index is 13.2. The topological polar surface area (TPSA) is 86.9 Å². The van der Waals surface area contributed by atoms with E-state index in [1.807, 2.05) is 19.0 Å². The SMILES string of the molecule is CN(C)CCN(Cc1cc2cc3c(cc2[nH]c1=O)OCO3)C(=O)Nc1ccc(F)cc1. The Kier molecular flexibility index (Phi) is 5.77. The van der Waals surface area contributed by atoms with Crippen LogP contribution in [0.2, 0.25) is 0 Å². The number of benzene rings is 2. The molecule has 1 aliphatic heterocycles. The first kappa shape index (κ1) is 20.7. The van der Waals surface area contributed by atoms with E-state index in [0.29, 0.717) is 41.4 Å². The second-order valence-electron chi connectivity index (χ2n) is 7.58. The van der Waals surface area contributed by atoms with Crippen molar-refractivity contribution in [2.75, 3.05) is 39.3 Å². The quantitative estimate of drug-likeness (QED) is 0.633. The minimum absolute atomic E-state index is 0.112. The van der Waals surface area contributed by atoms with E-state index in [2.05, 4.69) is 10.3 Å². The average molecular weight is 426 g/mol. The highest BCUT2D eigenvalue weighted by Crippen LogP contribution is 2.35. The number of aromatic nitrogens is 1. The number of nitrogens with one attached hydrogen (secondary N) is 2. The van der Waals surface area contributed by atoms with Crippen molar-refractivity contribution >= 4 is 22.6 Å². The number of pyridine rings is 1. The van der Waals surface area contributed by atoms with E-state index < -0.39 is 0 Å². The van der Waals surface area contributed by atoms with Crippen molar-refractivity contribution in [1.82, 2.24) is 14.8 Å². The third kappa shape index (κ3) is 4.77. The molecule has 31 heavy (non-hydrogen) atoms. The van der Waals surface area contributed by atoms with E-state index in [-0.39, 0.29) is 30.7 Å². The van der Waals surface area contributed by atoms with Crippen LogP contribution in [0, 0.1) is 5.82 Å². The van der Waals surface area contributed by atoms with E-state index in [1.54, 1.807) is 23.1 Å². The summed E-state index contributed by atoms with van der Waals surface area (Å²) in [6.45, 7) is 1.27. The molecule has 0 bridgehead atoms. The number of hydrogen-bond donors (Lipinski definition) is 2. The number of hydrogen-bond acceptors (Lipinski definition) is 5. The lowest BCUT2D eigenvalue weighted by atomic mass is 10.1. The summed E-state index contributed by atoms with van der Waals surface area (Å²) >= 11 is 0. The van der Waals surface area contributed by atoms with Crippen molar-refractivity contribution in [2.24, 2.45) is 0 Å². The summed E-state index contributed by atoms with van der Waals surface area (Å²) in [5, 5.41) is 3.54. The highest BCUT2D eigenvalue weighted by molar-refractivity contribution is 5.89. The number of likely N-dealkylation sites (N-methyl/N-ethyl adjacent to an activating group) is 1. The van der Waals surface area contributed by atoms with Gasteiger partial charge in [-0.05, 0) is 50.5 Å². The predicted octanol–water partition coefficient (Wildman–Crippen LogP) is 2.99. The van der Waals surface area contributed by atoms with Crippen molar-refractivity contribution in [3.8, 4) is 11.5 Å². The number of amides is 2.